The number of halogens is 1. The number of ether oxygens (including phenoxy) is 1. The van der Waals surface area contributed by atoms with Gasteiger partial charge in [-0.3, -0.25) is 4.79 Å². The number of aryl methyl sites for hydroxylation is 1. The van der Waals surface area contributed by atoms with Gasteiger partial charge in [0.15, 0.2) is 5.82 Å². The molecule has 0 radical (unpaired) electrons. The van der Waals surface area contributed by atoms with Crippen LogP contribution < -0.4 is 9.64 Å². The molecule has 0 bridgehead atoms. The van der Waals surface area contributed by atoms with E-state index in [1.165, 1.54) is 12.5 Å². The fourth-order valence-electron chi connectivity index (χ4n) is 6.19. The minimum atomic E-state index is -0.380. The molecule has 3 aromatic rings. The molecular formula is C30H38FN5O3S. The van der Waals surface area contributed by atoms with E-state index < -0.39 is 0 Å². The zero-order valence-electron chi connectivity index (χ0n) is 23.6. The van der Waals surface area contributed by atoms with Crippen LogP contribution in [0.1, 0.15) is 72.4 Å². The Morgan fingerprint density at radius 3 is 2.80 bits per heavy atom. The molecule has 1 aliphatic carbocycles. The van der Waals surface area contributed by atoms with Crippen LogP contribution >= 0.6 is 11.3 Å². The van der Waals surface area contributed by atoms with Crippen LogP contribution in [0.4, 0.5) is 10.4 Å². The monoisotopic (exact) mass is 567 g/mol. The summed E-state index contributed by atoms with van der Waals surface area (Å²) in [6.07, 6.45) is 5.36. The fourth-order valence-corrected chi connectivity index (χ4v) is 7.19. The van der Waals surface area contributed by atoms with Gasteiger partial charge in [0.05, 0.1) is 30.3 Å². The molecule has 2 unspecified atom stereocenters. The van der Waals surface area contributed by atoms with E-state index in [1.54, 1.807) is 23.5 Å². The standard InChI is InChI=1S/C30H38FN5O3S/c1-18(2)29-33-30(39-34-29)35-10-6-20(7-11-35)24-14-21(24)9-13-38-23-5-4-22(25(31)16-23)15-28(37)36-12-8-26-27(17-36)40-19(3)32-26/h4-5,16,18,20-21,24H,6-15,17H2,1-3H3. The van der Waals surface area contributed by atoms with E-state index in [0.717, 1.165) is 72.0 Å². The van der Waals surface area contributed by atoms with Crippen LogP contribution in [0.5, 0.6) is 5.75 Å². The third kappa shape index (κ3) is 6.01. The Labute approximate surface area is 238 Å². The van der Waals surface area contributed by atoms with Crippen LogP contribution in [0.2, 0.25) is 0 Å². The van der Waals surface area contributed by atoms with E-state index in [0.29, 0.717) is 42.9 Å². The topological polar surface area (TPSA) is 84.6 Å². The highest BCUT2D eigenvalue weighted by molar-refractivity contribution is 7.11. The molecule has 214 valence electrons. The predicted molar refractivity (Wildman–Crippen MR) is 151 cm³/mol. The van der Waals surface area contributed by atoms with Crippen molar-refractivity contribution in [3.8, 4) is 5.75 Å². The summed E-state index contributed by atoms with van der Waals surface area (Å²) >= 11 is 1.64. The zero-order chi connectivity index (χ0) is 27.8. The Morgan fingerprint density at radius 1 is 1.23 bits per heavy atom. The summed E-state index contributed by atoms with van der Waals surface area (Å²) in [5.41, 5.74) is 1.51. The number of carbonyl (C=O) groups is 1. The summed E-state index contributed by atoms with van der Waals surface area (Å²) in [5, 5.41) is 5.12. The van der Waals surface area contributed by atoms with Gasteiger partial charge in [0.25, 0.3) is 0 Å². The molecule has 2 aliphatic heterocycles. The predicted octanol–water partition coefficient (Wildman–Crippen LogP) is 5.55. The number of anilines is 1. The van der Waals surface area contributed by atoms with E-state index in [9.17, 15) is 9.18 Å². The Balaban J connectivity index is 0.918. The molecule has 8 nitrogen and oxygen atoms in total. The number of aromatic nitrogens is 3. The van der Waals surface area contributed by atoms with Crippen LogP contribution in [0.3, 0.4) is 0 Å². The number of fused-ring (bicyclic) bond motifs is 1. The summed E-state index contributed by atoms with van der Waals surface area (Å²) in [7, 11) is 0. The van der Waals surface area contributed by atoms with Crippen molar-refractivity contribution in [3.63, 3.8) is 0 Å². The Hall–Kier alpha value is -3.01. The van der Waals surface area contributed by atoms with E-state index in [-0.39, 0.29) is 24.1 Å². The van der Waals surface area contributed by atoms with Crippen molar-refractivity contribution in [2.24, 2.45) is 17.8 Å². The van der Waals surface area contributed by atoms with Gasteiger partial charge in [-0.15, -0.1) is 11.3 Å². The molecule has 3 aliphatic rings. The van der Waals surface area contributed by atoms with Gasteiger partial charge in [0, 0.05) is 42.9 Å². The number of hydrogen-bond donors (Lipinski definition) is 0. The molecular weight excluding hydrogens is 529 g/mol. The fraction of sp³-hybridized carbons (Fsp3) is 0.600. The summed E-state index contributed by atoms with van der Waals surface area (Å²) in [6.45, 7) is 9.84. The first-order valence-corrected chi connectivity index (χ1v) is 15.4. The summed E-state index contributed by atoms with van der Waals surface area (Å²) in [5.74, 6) is 3.31. The Bertz CT molecular complexity index is 1350. The third-order valence-electron chi connectivity index (χ3n) is 8.65. The van der Waals surface area contributed by atoms with Crippen molar-refractivity contribution >= 4 is 23.3 Å². The highest BCUT2D eigenvalue weighted by Gasteiger charge is 2.43. The number of nitrogens with zero attached hydrogens (tertiary/aromatic N) is 5. The van der Waals surface area contributed by atoms with Crippen LogP contribution in [-0.2, 0) is 24.2 Å². The molecule has 6 rings (SSSR count). The van der Waals surface area contributed by atoms with Crippen molar-refractivity contribution in [1.29, 1.82) is 0 Å². The van der Waals surface area contributed by atoms with Gasteiger partial charge >= 0.3 is 6.01 Å². The van der Waals surface area contributed by atoms with Gasteiger partial charge in [0.1, 0.15) is 11.6 Å². The van der Waals surface area contributed by atoms with Crippen molar-refractivity contribution in [2.75, 3.05) is 31.1 Å². The smallest absolute Gasteiger partial charge is 0.324 e. The van der Waals surface area contributed by atoms with Gasteiger partial charge in [-0.25, -0.2) is 9.37 Å². The number of hydrogen-bond acceptors (Lipinski definition) is 8. The lowest BCUT2D eigenvalue weighted by atomic mass is 9.90. The molecule has 10 heteroatoms. The van der Waals surface area contributed by atoms with Crippen molar-refractivity contribution in [3.05, 3.63) is 51.0 Å². The quantitative estimate of drug-likeness (QED) is 0.335. The number of piperidine rings is 1. The number of amides is 1. The first kappa shape index (κ1) is 27.2. The van der Waals surface area contributed by atoms with Crippen molar-refractivity contribution in [2.45, 2.75) is 71.8 Å². The molecule has 2 aromatic heterocycles. The minimum absolute atomic E-state index is 0.0488. The molecule has 40 heavy (non-hydrogen) atoms. The summed E-state index contributed by atoms with van der Waals surface area (Å²) in [6, 6.07) is 5.55. The molecule has 1 saturated heterocycles. The zero-order valence-corrected chi connectivity index (χ0v) is 24.4. The average molecular weight is 568 g/mol. The van der Waals surface area contributed by atoms with Crippen LogP contribution in [-0.4, -0.2) is 52.2 Å². The second-order valence-corrected chi connectivity index (χ2v) is 13.1. The second-order valence-electron chi connectivity index (χ2n) is 11.8. The van der Waals surface area contributed by atoms with Crippen LogP contribution in [0.25, 0.3) is 0 Å². The van der Waals surface area contributed by atoms with E-state index in [4.69, 9.17) is 9.26 Å². The molecule has 2 atom stereocenters. The number of thiazole rings is 1. The number of carbonyl (C=O) groups excluding carboxylic acids is 1. The average Bonchev–Trinajstić information content (AvgIpc) is 3.35. The lowest BCUT2D eigenvalue weighted by Gasteiger charge is -2.30. The van der Waals surface area contributed by atoms with Crippen molar-refractivity contribution in [1.82, 2.24) is 20.0 Å². The Kier molecular flexibility index (Phi) is 7.79. The number of rotatable bonds is 9. The van der Waals surface area contributed by atoms with E-state index >= 15 is 0 Å². The van der Waals surface area contributed by atoms with Gasteiger partial charge < -0.3 is 19.1 Å². The van der Waals surface area contributed by atoms with Gasteiger partial charge in [-0.05, 0) is 62.0 Å². The van der Waals surface area contributed by atoms with E-state index in [2.05, 4.69) is 33.9 Å². The van der Waals surface area contributed by atoms with Crippen LogP contribution in [0.15, 0.2) is 22.7 Å². The Morgan fingerprint density at radius 2 is 2.05 bits per heavy atom. The maximum Gasteiger partial charge on any atom is 0.324 e. The highest BCUT2D eigenvalue weighted by Crippen LogP contribution is 2.50. The highest BCUT2D eigenvalue weighted by atomic mass is 32.1. The molecule has 4 heterocycles. The molecule has 0 N–H and O–H groups in total. The maximum absolute atomic E-state index is 14.8. The lowest BCUT2D eigenvalue weighted by Crippen LogP contribution is -2.36. The van der Waals surface area contributed by atoms with Gasteiger partial charge in [-0.2, -0.15) is 4.98 Å². The SMILES string of the molecule is Cc1nc2c(s1)CN(C(=O)Cc1ccc(OCCC3CC3C3CCN(c4nc(C(C)C)no4)CC3)cc1F)CC2. The lowest BCUT2D eigenvalue weighted by molar-refractivity contribution is -0.131. The van der Waals surface area contributed by atoms with Gasteiger partial charge in [0.2, 0.25) is 5.91 Å². The third-order valence-corrected chi connectivity index (χ3v) is 9.65. The van der Waals surface area contributed by atoms with Crippen molar-refractivity contribution < 1.29 is 18.4 Å². The largest absolute Gasteiger partial charge is 0.493 e. The molecule has 1 saturated carbocycles. The van der Waals surface area contributed by atoms with Gasteiger partial charge in [-0.1, -0.05) is 25.1 Å². The summed E-state index contributed by atoms with van der Waals surface area (Å²) in [4.78, 5) is 27.1. The van der Waals surface area contributed by atoms with E-state index in [1.807, 2.05) is 11.8 Å². The summed E-state index contributed by atoms with van der Waals surface area (Å²) < 4.78 is 26.2. The molecule has 1 aromatic carbocycles. The first-order chi connectivity index (χ1) is 19.3. The second kappa shape index (κ2) is 11.5. The molecule has 0 spiro atoms. The number of benzene rings is 1. The minimum Gasteiger partial charge on any atom is -0.493 e. The van der Waals surface area contributed by atoms with Crippen LogP contribution in [0, 0.1) is 30.5 Å². The normalized spacial score (nSPS) is 21.1. The maximum atomic E-state index is 14.8. The first-order valence-electron chi connectivity index (χ1n) is 14.6. The molecule has 2 fully saturated rings. The molecule has 1 amide bonds.